The predicted molar refractivity (Wildman–Crippen MR) is 124 cm³/mol. The van der Waals surface area contributed by atoms with Crippen molar-refractivity contribution >= 4 is 11.9 Å². The topological polar surface area (TPSA) is 73.3 Å². The third-order valence-electron chi connectivity index (χ3n) is 7.26. The predicted octanol–water partition coefficient (Wildman–Crippen LogP) is 1.55. The number of amides is 1. The standard InChI is InChI=1S/C26H31N3O4/c1-33-25(32)21-9-5-8-20(10-21)13-27-14-22-12-23(30)15-29(22)26(16-27)17-28(18-26)24(31)11-19-6-3-2-4-7-19/h2-10,22-23,30H,11-18H2,1H3/t22-,23-/m1/s1. The number of carbonyl (C=O) groups excluding carboxylic acids is 2. The molecule has 1 spiro atoms. The van der Waals surface area contributed by atoms with Gasteiger partial charge in [-0.05, 0) is 29.7 Å². The summed E-state index contributed by atoms with van der Waals surface area (Å²) >= 11 is 0. The van der Waals surface area contributed by atoms with E-state index in [0.29, 0.717) is 31.6 Å². The molecule has 2 atom stereocenters. The molecule has 3 fully saturated rings. The van der Waals surface area contributed by atoms with Crippen molar-refractivity contribution in [3.05, 3.63) is 71.3 Å². The zero-order chi connectivity index (χ0) is 23.0. The van der Waals surface area contributed by atoms with Gasteiger partial charge in [0.05, 0.1) is 30.7 Å². The van der Waals surface area contributed by atoms with Crippen molar-refractivity contribution in [1.29, 1.82) is 0 Å². The van der Waals surface area contributed by atoms with Gasteiger partial charge in [-0.3, -0.25) is 14.6 Å². The Bertz CT molecular complexity index is 1020. The Balaban J connectivity index is 1.28. The van der Waals surface area contributed by atoms with E-state index in [2.05, 4.69) is 9.80 Å². The Morgan fingerprint density at radius 3 is 2.55 bits per heavy atom. The van der Waals surface area contributed by atoms with Crippen LogP contribution >= 0.6 is 0 Å². The summed E-state index contributed by atoms with van der Waals surface area (Å²) in [6, 6.07) is 17.7. The van der Waals surface area contributed by atoms with Gasteiger partial charge in [0.15, 0.2) is 0 Å². The number of piperazine rings is 1. The van der Waals surface area contributed by atoms with E-state index in [0.717, 1.165) is 37.2 Å². The number of methoxy groups -OCH3 is 1. The molecule has 174 valence electrons. The second kappa shape index (κ2) is 8.89. The Hall–Kier alpha value is -2.74. The molecule has 7 heteroatoms. The van der Waals surface area contributed by atoms with E-state index in [-0.39, 0.29) is 29.6 Å². The summed E-state index contributed by atoms with van der Waals surface area (Å²) in [4.78, 5) is 31.6. The Labute approximate surface area is 194 Å². The maximum absolute atomic E-state index is 12.9. The van der Waals surface area contributed by atoms with Crippen molar-refractivity contribution in [2.24, 2.45) is 0 Å². The van der Waals surface area contributed by atoms with Crippen molar-refractivity contribution in [2.75, 3.05) is 39.8 Å². The van der Waals surface area contributed by atoms with Crippen LogP contribution < -0.4 is 0 Å². The van der Waals surface area contributed by atoms with Crippen LogP contribution in [0.1, 0.15) is 27.9 Å². The smallest absolute Gasteiger partial charge is 0.337 e. The summed E-state index contributed by atoms with van der Waals surface area (Å²) in [5.41, 5.74) is 2.54. The number of fused-ring (bicyclic) bond motifs is 2. The Morgan fingerprint density at radius 1 is 1.03 bits per heavy atom. The number of likely N-dealkylation sites (tertiary alicyclic amines) is 1. The average Bonchev–Trinajstić information content (AvgIpc) is 3.17. The lowest BCUT2D eigenvalue weighted by atomic mass is 9.83. The van der Waals surface area contributed by atoms with Crippen LogP contribution in [0.25, 0.3) is 0 Å². The molecule has 7 nitrogen and oxygen atoms in total. The summed E-state index contributed by atoms with van der Waals surface area (Å²) in [7, 11) is 1.39. The molecule has 3 heterocycles. The Morgan fingerprint density at radius 2 is 1.79 bits per heavy atom. The number of aliphatic hydroxyl groups is 1. The molecule has 0 saturated carbocycles. The van der Waals surface area contributed by atoms with E-state index in [1.807, 2.05) is 53.4 Å². The highest BCUT2D eigenvalue weighted by Gasteiger charge is 2.56. The number of hydrogen-bond donors (Lipinski definition) is 1. The molecule has 1 amide bonds. The molecule has 2 aromatic carbocycles. The molecular formula is C26H31N3O4. The number of β-amino-alcohol motifs (C(OH)–C–C–N with tert-alkyl or cyclic N) is 1. The third-order valence-corrected chi connectivity index (χ3v) is 7.26. The summed E-state index contributed by atoms with van der Waals surface area (Å²) in [5, 5.41) is 10.4. The van der Waals surface area contributed by atoms with Crippen LogP contribution in [0.3, 0.4) is 0 Å². The van der Waals surface area contributed by atoms with Crippen molar-refractivity contribution in [3.63, 3.8) is 0 Å². The highest BCUT2D eigenvalue weighted by Crippen LogP contribution is 2.39. The second-order valence-corrected chi connectivity index (χ2v) is 9.69. The van der Waals surface area contributed by atoms with Crippen LogP contribution in [0.4, 0.5) is 0 Å². The van der Waals surface area contributed by atoms with Crippen molar-refractivity contribution in [3.8, 4) is 0 Å². The maximum Gasteiger partial charge on any atom is 0.337 e. The van der Waals surface area contributed by atoms with Crippen LogP contribution in [-0.2, 0) is 22.5 Å². The van der Waals surface area contributed by atoms with Crippen LogP contribution in [0.5, 0.6) is 0 Å². The molecule has 3 aliphatic heterocycles. The number of aliphatic hydroxyl groups excluding tert-OH is 1. The van der Waals surface area contributed by atoms with Gasteiger partial charge in [-0.2, -0.15) is 0 Å². The van der Waals surface area contributed by atoms with E-state index >= 15 is 0 Å². The molecule has 2 aromatic rings. The molecule has 3 saturated heterocycles. The number of benzene rings is 2. The minimum atomic E-state index is -0.330. The van der Waals surface area contributed by atoms with E-state index in [9.17, 15) is 14.7 Å². The van der Waals surface area contributed by atoms with E-state index in [1.54, 1.807) is 6.07 Å². The first kappa shape index (κ1) is 22.1. The minimum Gasteiger partial charge on any atom is -0.465 e. The third kappa shape index (κ3) is 4.40. The van der Waals surface area contributed by atoms with Gasteiger partial charge in [-0.1, -0.05) is 42.5 Å². The number of rotatable bonds is 5. The number of esters is 1. The summed E-state index contributed by atoms with van der Waals surface area (Å²) in [6.45, 7) is 4.51. The summed E-state index contributed by atoms with van der Waals surface area (Å²) < 4.78 is 4.86. The fourth-order valence-corrected chi connectivity index (χ4v) is 5.81. The van der Waals surface area contributed by atoms with Gasteiger partial charge in [0, 0.05) is 45.3 Å². The molecule has 0 bridgehead atoms. The molecule has 5 rings (SSSR count). The number of ether oxygens (including phenoxy) is 1. The highest BCUT2D eigenvalue weighted by atomic mass is 16.5. The monoisotopic (exact) mass is 449 g/mol. The van der Waals surface area contributed by atoms with Gasteiger partial charge < -0.3 is 14.7 Å². The van der Waals surface area contributed by atoms with Gasteiger partial charge in [0.1, 0.15) is 0 Å². The number of nitrogens with zero attached hydrogens (tertiary/aromatic N) is 3. The van der Waals surface area contributed by atoms with Crippen LogP contribution in [0.15, 0.2) is 54.6 Å². The summed E-state index contributed by atoms with van der Waals surface area (Å²) in [5.74, 6) is -0.172. The first-order valence-corrected chi connectivity index (χ1v) is 11.6. The SMILES string of the molecule is COC(=O)c1cccc(CN2C[C@H]3C[C@@H](O)CN3C3(C2)CN(C(=O)Cc2ccccc2)C3)c1. The molecule has 1 N–H and O–H groups in total. The number of hydrogen-bond acceptors (Lipinski definition) is 6. The van der Waals surface area contributed by atoms with E-state index in [1.165, 1.54) is 7.11 Å². The lowest BCUT2D eigenvalue weighted by molar-refractivity contribution is -0.156. The average molecular weight is 450 g/mol. The largest absolute Gasteiger partial charge is 0.465 e. The van der Waals surface area contributed by atoms with Gasteiger partial charge >= 0.3 is 5.97 Å². The molecule has 3 aliphatic rings. The molecular weight excluding hydrogens is 418 g/mol. The van der Waals surface area contributed by atoms with Gasteiger partial charge in [-0.25, -0.2) is 4.79 Å². The van der Waals surface area contributed by atoms with Gasteiger partial charge in [0.25, 0.3) is 0 Å². The van der Waals surface area contributed by atoms with Crippen LogP contribution in [-0.4, -0.2) is 89.2 Å². The zero-order valence-corrected chi connectivity index (χ0v) is 19.0. The van der Waals surface area contributed by atoms with Crippen molar-refractivity contribution in [1.82, 2.24) is 14.7 Å². The molecule has 33 heavy (non-hydrogen) atoms. The highest BCUT2D eigenvalue weighted by molar-refractivity contribution is 5.89. The van der Waals surface area contributed by atoms with Crippen LogP contribution in [0, 0.1) is 0 Å². The van der Waals surface area contributed by atoms with E-state index < -0.39 is 0 Å². The minimum absolute atomic E-state index is 0.118. The van der Waals surface area contributed by atoms with Crippen LogP contribution in [0.2, 0.25) is 0 Å². The van der Waals surface area contributed by atoms with Gasteiger partial charge in [-0.15, -0.1) is 0 Å². The zero-order valence-electron chi connectivity index (χ0n) is 19.0. The first-order chi connectivity index (χ1) is 16.0. The number of carbonyl (C=O) groups is 2. The molecule has 0 unspecified atom stereocenters. The van der Waals surface area contributed by atoms with Crippen molar-refractivity contribution in [2.45, 2.75) is 37.1 Å². The lowest BCUT2D eigenvalue weighted by Crippen LogP contribution is -2.78. The molecule has 0 aliphatic carbocycles. The quantitative estimate of drug-likeness (QED) is 0.699. The fraction of sp³-hybridized carbons (Fsp3) is 0.462. The van der Waals surface area contributed by atoms with Crippen molar-refractivity contribution < 1.29 is 19.4 Å². The normalized spacial score (nSPS) is 24.4. The first-order valence-electron chi connectivity index (χ1n) is 11.6. The lowest BCUT2D eigenvalue weighted by Gasteiger charge is -2.61. The second-order valence-electron chi connectivity index (χ2n) is 9.69. The summed E-state index contributed by atoms with van der Waals surface area (Å²) in [6.07, 6.45) is 0.870. The maximum atomic E-state index is 12.9. The Kier molecular flexibility index (Phi) is 5.95. The fourth-order valence-electron chi connectivity index (χ4n) is 5.81. The van der Waals surface area contributed by atoms with Gasteiger partial charge in [0.2, 0.25) is 5.91 Å². The van der Waals surface area contributed by atoms with E-state index in [4.69, 9.17) is 4.74 Å². The molecule has 0 radical (unpaired) electrons. The molecule has 0 aromatic heterocycles.